The Hall–Kier alpha value is -0.0900. The van der Waals surface area contributed by atoms with Crippen molar-refractivity contribution in [1.29, 1.82) is 0 Å². The molecule has 0 aliphatic rings. The zero-order valence-corrected chi connectivity index (χ0v) is 11.8. The maximum absolute atomic E-state index is 3.20. The molecule has 0 aliphatic carbocycles. The number of aryl methyl sites for hydroxylation is 1. The smallest absolute Gasteiger partial charge is 0.0135 e. The number of rotatable bonds is 6. The maximum Gasteiger partial charge on any atom is 0.0135 e. The lowest BCUT2D eigenvalue weighted by Crippen LogP contribution is -2.10. The first-order valence-electron chi connectivity index (χ1n) is 5.69. The Morgan fingerprint density at radius 3 is 2.40 bits per heavy atom. The van der Waals surface area contributed by atoms with Gasteiger partial charge in [0.05, 0.1) is 0 Å². The monoisotopic (exact) mass is 317 g/mol. The summed E-state index contributed by atoms with van der Waals surface area (Å²) in [5.41, 5.74) is 2.96. The van der Waals surface area contributed by atoms with Crippen molar-refractivity contribution in [2.45, 2.75) is 32.6 Å². The topological polar surface area (TPSA) is 12.0 Å². The molecule has 15 heavy (non-hydrogen) atoms. The number of hydrogen-bond donors (Lipinski definition) is 1. The Bertz CT molecular complexity index is 270. The van der Waals surface area contributed by atoms with Gasteiger partial charge in [0.1, 0.15) is 0 Å². The number of likely N-dealkylation sites (N-methyl/N-ethyl adjacent to an activating group) is 1. The van der Waals surface area contributed by atoms with Crippen molar-refractivity contribution in [2.75, 3.05) is 13.6 Å². The standard InChI is InChI=1S/C13H20IN/c1-3-4-5-11-8-12(6-7-15-2)10-13(14)9-11/h8-10,15H,3-7H2,1-2H3. The minimum Gasteiger partial charge on any atom is -0.319 e. The fraction of sp³-hybridized carbons (Fsp3) is 0.538. The normalized spacial score (nSPS) is 10.6. The molecule has 2 heteroatoms. The van der Waals surface area contributed by atoms with Crippen LogP contribution in [0.3, 0.4) is 0 Å². The first-order valence-corrected chi connectivity index (χ1v) is 6.77. The largest absolute Gasteiger partial charge is 0.319 e. The highest BCUT2D eigenvalue weighted by molar-refractivity contribution is 14.1. The van der Waals surface area contributed by atoms with E-state index in [9.17, 15) is 0 Å². The number of benzene rings is 1. The summed E-state index contributed by atoms with van der Waals surface area (Å²) >= 11 is 2.41. The summed E-state index contributed by atoms with van der Waals surface area (Å²) in [6, 6.07) is 6.95. The third-order valence-corrected chi connectivity index (χ3v) is 3.12. The number of unbranched alkanes of at least 4 members (excludes halogenated alkanes) is 1. The predicted octanol–water partition coefficient (Wildman–Crippen LogP) is 3.40. The third-order valence-electron chi connectivity index (χ3n) is 2.50. The van der Waals surface area contributed by atoms with Crippen LogP contribution in [0.15, 0.2) is 18.2 Å². The van der Waals surface area contributed by atoms with E-state index in [4.69, 9.17) is 0 Å². The van der Waals surface area contributed by atoms with Crippen LogP contribution < -0.4 is 5.32 Å². The molecular weight excluding hydrogens is 297 g/mol. The number of nitrogens with one attached hydrogen (secondary N) is 1. The minimum absolute atomic E-state index is 1.06. The molecule has 0 bridgehead atoms. The van der Waals surface area contributed by atoms with Crippen molar-refractivity contribution in [3.63, 3.8) is 0 Å². The van der Waals surface area contributed by atoms with Gasteiger partial charge in [0.15, 0.2) is 0 Å². The van der Waals surface area contributed by atoms with E-state index in [0.717, 1.165) is 13.0 Å². The lowest BCUT2D eigenvalue weighted by Gasteiger charge is -2.06. The maximum atomic E-state index is 3.20. The highest BCUT2D eigenvalue weighted by Gasteiger charge is 1.99. The van der Waals surface area contributed by atoms with E-state index in [1.807, 2.05) is 7.05 Å². The van der Waals surface area contributed by atoms with Gasteiger partial charge < -0.3 is 5.32 Å². The van der Waals surface area contributed by atoms with Gasteiger partial charge in [0.25, 0.3) is 0 Å². The second kappa shape index (κ2) is 7.23. The van der Waals surface area contributed by atoms with Crippen molar-refractivity contribution >= 4 is 22.6 Å². The van der Waals surface area contributed by atoms with Crippen molar-refractivity contribution in [3.8, 4) is 0 Å². The molecule has 0 aromatic heterocycles. The van der Waals surface area contributed by atoms with Gasteiger partial charge in [-0.2, -0.15) is 0 Å². The van der Waals surface area contributed by atoms with E-state index >= 15 is 0 Å². The Morgan fingerprint density at radius 1 is 1.13 bits per heavy atom. The fourth-order valence-electron chi connectivity index (χ4n) is 1.66. The summed E-state index contributed by atoms with van der Waals surface area (Å²) in [4.78, 5) is 0. The molecule has 0 spiro atoms. The zero-order chi connectivity index (χ0) is 11.1. The van der Waals surface area contributed by atoms with Gasteiger partial charge in [-0.15, -0.1) is 0 Å². The van der Waals surface area contributed by atoms with Gasteiger partial charge in [0, 0.05) is 3.57 Å². The molecular formula is C13H20IN. The zero-order valence-electron chi connectivity index (χ0n) is 9.65. The first-order chi connectivity index (χ1) is 7.26. The molecule has 1 rings (SSSR count). The van der Waals surface area contributed by atoms with Gasteiger partial charge in [-0.05, 0) is 78.7 Å². The van der Waals surface area contributed by atoms with E-state index in [1.54, 1.807) is 0 Å². The molecule has 0 radical (unpaired) electrons. The van der Waals surface area contributed by atoms with Crippen LogP contribution in [0.25, 0.3) is 0 Å². The van der Waals surface area contributed by atoms with Crippen molar-refractivity contribution < 1.29 is 0 Å². The Labute approximate surface area is 107 Å². The first kappa shape index (κ1) is 13.0. The van der Waals surface area contributed by atoms with Crippen LogP contribution in [0, 0.1) is 3.57 Å². The minimum atomic E-state index is 1.06. The van der Waals surface area contributed by atoms with Crippen LogP contribution >= 0.6 is 22.6 Å². The molecule has 0 saturated carbocycles. The van der Waals surface area contributed by atoms with Crippen LogP contribution in [0.5, 0.6) is 0 Å². The molecule has 1 aromatic rings. The van der Waals surface area contributed by atoms with Crippen molar-refractivity contribution in [2.24, 2.45) is 0 Å². The summed E-state index contributed by atoms with van der Waals surface area (Å²) in [7, 11) is 2.01. The van der Waals surface area contributed by atoms with Crippen LogP contribution in [0.2, 0.25) is 0 Å². The van der Waals surface area contributed by atoms with Gasteiger partial charge in [-0.1, -0.05) is 19.4 Å². The lowest BCUT2D eigenvalue weighted by atomic mass is 10.0. The van der Waals surface area contributed by atoms with Crippen LogP contribution in [0.1, 0.15) is 30.9 Å². The summed E-state index contributed by atoms with van der Waals surface area (Å²) in [6.07, 6.45) is 4.93. The van der Waals surface area contributed by atoms with Gasteiger partial charge in [-0.3, -0.25) is 0 Å². The molecule has 0 aliphatic heterocycles. The highest BCUT2D eigenvalue weighted by Crippen LogP contribution is 2.15. The van der Waals surface area contributed by atoms with Gasteiger partial charge in [-0.25, -0.2) is 0 Å². The fourth-order valence-corrected chi connectivity index (χ4v) is 2.46. The second-order valence-corrected chi connectivity index (χ2v) is 5.17. The summed E-state index contributed by atoms with van der Waals surface area (Å²) in [5.74, 6) is 0. The molecule has 1 N–H and O–H groups in total. The van der Waals surface area contributed by atoms with E-state index in [1.165, 1.54) is 34.0 Å². The Morgan fingerprint density at radius 2 is 1.80 bits per heavy atom. The lowest BCUT2D eigenvalue weighted by molar-refractivity contribution is 0.779. The molecule has 1 aromatic carbocycles. The van der Waals surface area contributed by atoms with Crippen LogP contribution in [0.4, 0.5) is 0 Å². The number of halogens is 1. The quantitative estimate of drug-likeness (QED) is 0.793. The highest BCUT2D eigenvalue weighted by atomic mass is 127. The molecule has 84 valence electrons. The van der Waals surface area contributed by atoms with Gasteiger partial charge in [0.2, 0.25) is 0 Å². The van der Waals surface area contributed by atoms with Gasteiger partial charge >= 0.3 is 0 Å². The Kier molecular flexibility index (Phi) is 6.25. The molecule has 0 amide bonds. The van der Waals surface area contributed by atoms with E-state index in [0.29, 0.717) is 0 Å². The molecule has 0 unspecified atom stereocenters. The molecule has 1 nitrogen and oxygen atoms in total. The summed E-state index contributed by atoms with van der Waals surface area (Å²) < 4.78 is 1.37. The summed E-state index contributed by atoms with van der Waals surface area (Å²) in [6.45, 7) is 3.31. The second-order valence-electron chi connectivity index (χ2n) is 3.92. The molecule has 0 fully saturated rings. The summed E-state index contributed by atoms with van der Waals surface area (Å²) in [5, 5.41) is 3.20. The van der Waals surface area contributed by atoms with E-state index < -0.39 is 0 Å². The average molecular weight is 317 g/mol. The van der Waals surface area contributed by atoms with Crippen molar-refractivity contribution in [3.05, 3.63) is 32.9 Å². The van der Waals surface area contributed by atoms with Crippen molar-refractivity contribution in [1.82, 2.24) is 5.32 Å². The molecule has 0 atom stereocenters. The molecule has 0 saturated heterocycles. The van der Waals surface area contributed by atoms with E-state index in [2.05, 4.69) is 53.0 Å². The van der Waals surface area contributed by atoms with Crippen LogP contribution in [-0.2, 0) is 12.8 Å². The van der Waals surface area contributed by atoms with E-state index in [-0.39, 0.29) is 0 Å². The number of hydrogen-bond acceptors (Lipinski definition) is 1. The average Bonchev–Trinajstić information content (AvgIpc) is 2.23. The van der Waals surface area contributed by atoms with Crippen LogP contribution in [-0.4, -0.2) is 13.6 Å². The third kappa shape index (κ3) is 4.98. The Balaban J connectivity index is 2.66. The SMILES string of the molecule is CCCCc1cc(I)cc(CCNC)c1. The molecule has 0 heterocycles. The predicted molar refractivity (Wildman–Crippen MR) is 75.4 cm³/mol.